The largest absolute Gasteiger partial charge is 0.445 e. The van der Waals surface area contributed by atoms with Crippen LogP contribution in [0.4, 0.5) is 4.79 Å². The van der Waals surface area contributed by atoms with Gasteiger partial charge in [-0.15, -0.1) is 0 Å². The van der Waals surface area contributed by atoms with E-state index in [0.717, 1.165) is 18.4 Å². The van der Waals surface area contributed by atoms with E-state index in [1.54, 1.807) is 6.54 Å². The Morgan fingerprint density at radius 1 is 1.29 bits per heavy atom. The van der Waals surface area contributed by atoms with Gasteiger partial charge in [-0.3, -0.25) is 0 Å². The number of rotatable bonds is 7. The lowest BCUT2D eigenvalue weighted by Gasteiger charge is -2.06. The number of hydrogen-bond acceptors (Lipinski definition) is 2. The van der Waals surface area contributed by atoms with Crippen molar-refractivity contribution in [2.24, 2.45) is 0 Å². The lowest BCUT2D eigenvalue weighted by Crippen LogP contribution is -2.21. The summed E-state index contributed by atoms with van der Waals surface area (Å²) in [5.41, 5.74) is 0.994. The summed E-state index contributed by atoms with van der Waals surface area (Å²) in [6.45, 7) is 4.24. The number of alkyl carbamates (subject to hydrolysis) is 1. The Kier molecular flexibility index (Phi) is 6.87. The van der Waals surface area contributed by atoms with Gasteiger partial charge < -0.3 is 10.1 Å². The Balaban J connectivity index is 2.05. The number of hydrogen-bond donors (Lipinski definition) is 1. The fourth-order valence-corrected chi connectivity index (χ4v) is 1.42. The summed E-state index contributed by atoms with van der Waals surface area (Å²) in [7, 11) is 0. The summed E-state index contributed by atoms with van der Waals surface area (Å²) in [6.07, 6.45) is 4.00. The SMILES string of the molecule is CCCCC[CH]NC(=O)OCc1ccccc1. The van der Waals surface area contributed by atoms with Crippen molar-refractivity contribution in [2.75, 3.05) is 0 Å². The van der Waals surface area contributed by atoms with Crippen molar-refractivity contribution in [3.63, 3.8) is 0 Å². The third-order valence-electron chi connectivity index (χ3n) is 2.38. The topological polar surface area (TPSA) is 38.3 Å². The zero-order chi connectivity index (χ0) is 12.3. The highest BCUT2D eigenvalue weighted by Crippen LogP contribution is 2.02. The van der Waals surface area contributed by atoms with Crippen LogP contribution in [0.1, 0.15) is 38.2 Å². The maximum absolute atomic E-state index is 11.3. The summed E-state index contributed by atoms with van der Waals surface area (Å²) in [5.74, 6) is 0. The molecule has 0 saturated carbocycles. The van der Waals surface area contributed by atoms with Gasteiger partial charge in [0.2, 0.25) is 0 Å². The molecule has 93 valence electrons. The monoisotopic (exact) mass is 234 g/mol. The van der Waals surface area contributed by atoms with Gasteiger partial charge in [0.1, 0.15) is 6.61 Å². The van der Waals surface area contributed by atoms with Gasteiger partial charge in [0.25, 0.3) is 0 Å². The number of unbranched alkanes of at least 4 members (excludes halogenated alkanes) is 3. The quantitative estimate of drug-likeness (QED) is 0.731. The zero-order valence-electron chi connectivity index (χ0n) is 10.3. The number of nitrogens with one attached hydrogen (secondary N) is 1. The highest BCUT2D eigenvalue weighted by molar-refractivity contribution is 5.67. The van der Waals surface area contributed by atoms with Crippen LogP contribution in [0.25, 0.3) is 0 Å². The molecule has 0 aromatic heterocycles. The van der Waals surface area contributed by atoms with Gasteiger partial charge in [-0.1, -0.05) is 56.5 Å². The van der Waals surface area contributed by atoms with Crippen molar-refractivity contribution in [3.8, 4) is 0 Å². The molecule has 0 bridgehead atoms. The second-order valence-electron chi connectivity index (χ2n) is 3.91. The summed E-state index contributed by atoms with van der Waals surface area (Å²) < 4.78 is 5.05. The molecule has 1 amide bonds. The van der Waals surface area contributed by atoms with E-state index in [-0.39, 0.29) is 6.09 Å². The van der Waals surface area contributed by atoms with Crippen LogP contribution < -0.4 is 5.32 Å². The molecule has 0 aliphatic rings. The van der Waals surface area contributed by atoms with Gasteiger partial charge in [0.15, 0.2) is 0 Å². The number of amides is 1. The second kappa shape index (κ2) is 8.62. The van der Waals surface area contributed by atoms with Gasteiger partial charge in [-0.25, -0.2) is 4.79 Å². The van der Waals surface area contributed by atoms with E-state index in [1.165, 1.54) is 12.8 Å². The van der Waals surface area contributed by atoms with Crippen LogP contribution in [0.15, 0.2) is 30.3 Å². The number of benzene rings is 1. The maximum atomic E-state index is 11.3. The first-order chi connectivity index (χ1) is 8.33. The molecule has 0 aliphatic heterocycles. The third kappa shape index (κ3) is 6.61. The molecule has 1 aromatic rings. The van der Waals surface area contributed by atoms with E-state index in [4.69, 9.17) is 4.74 Å². The minimum Gasteiger partial charge on any atom is -0.445 e. The molecule has 3 nitrogen and oxygen atoms in total. The van der Waals surface area contributed by atoms with Gasteiger partial charge in [-0.05, 0) is 12.0 Å². The van der Waals surface area contributed by atoms with Crippen LogP contribution in [-0.2, 0) is 11.3 Å². The van der Waals surface area contributed by atoms with Crippen LogP contribution in [0.3, 0.4) is 0 Å². The highest BCUT2D eigenvalue weighted by Gasteiger charge is 2.01. The Morgan fingerprint density at radius 2 is 2.06 bits per heavy atom. The maximum Gasteiger partial charge on any atom is 0.407 e. The molecule has 3 heteroatoms. The summed E-state index contributed by atoms with van der Waals surface area (Å²) in [5, 5.41) is 2.63. The van der Waals surface area contributed by atoms with Crippen LogP contribution in [0, 0.1) is 6.54 Å². The van der Waals surface area contributed by atoms with Crippen LogP contribution in [-0.4, -0.2) is 6.09 Å². The molecule has 17 heavy (non-hydrogen) atoms. The Hall–Kier alpha value is -1.51. The Morgan fingerprint density at radius 3 is 2.76 bits per heavy atom. The average Bonchev–Trinajstić information content (AvgIpc) is 2.37. The predicted octanol–water partition coefficient (Wildman–Crippen LogP) is 3.65. The van der Waals surface area contributed by atoms with Crippen molar-refractivity contribution in [1.29, 1.82) is 0 Å². The molecule has 0 heterocycles. The second-order valence-corrected chi connectivity index (χ2v) is 3.91. The summed E-state index contributed by atoms with van der Waals surface area (Å²) in [6, 6.07) is 9.64. The van der Waals surface area contributed by atoms with Gasteiger partial charge in [-0.2, -0.15) is 0 Å². The van der Waals surface area contributed by atoms with Crippen LogP contribution >= 0.6 is 0 Å². The number of carbonyl (C=O) groups is 1. The molecule has 0 atom stereocenters. The van der Waals surface area contributed by atoms with Crippen LogP contribution in [0.5, 0.6) is 0 Å². The van der Waals surface area contributed by atoms with Gasteiger partial charge in [0.05, 0.1) is 6.54 Å². The molecule has 1 aromatic carbocycles. The Bertz CT molecular complexity index is 311. The fourth-order valence-electron chi connectivity index (χ4n) is 1.42. The molecule has 0 fully saturated rings. The summed E-state index contributed by atoms with van der Waals surface area (Å²) in [4.78, 5) is 11.3. The molecular formula is C14H20NO2. The molecule has 0 aliphatic carbocycles. The van der Waals surface area contributed by atoms with E-state index < -0.39 is 0 Å². The molecule has 1 N–H and O–H groups in total. The molecule has 1 radical (unpaired) electrons. The van der Waals surface area contributed by atoms with Crippen molar-refractivity contribution < 1.29 is 9.53 Å². The average molecular weight is 234 g/mol. The van der Waals surface area contributed by atoms with Crippen molar-refractivity contribution >= 4 is 6.09 Å². The number of ether oxygens (including phenoxy) is 1. The van der Waals surface area contributed by atoms with Crippen molar-refractivity contribution in [1.82, 2.24) is 5.32 Å². The first-order valence-electron chi connectivity index (χ1n) is 6.12. The van der Waals surface area contributed by atoms with Crippen molar-refractivity contribution in [3.05, 3.63) is 42.4 Å². The van der Waals surface area contributed by atoms with Crippen LogP contribution in [0.2, 0.25) is 0 Å². The zero-order valence-corrected chi connectivity index (χ0v) is 10.3. The first kappa shape index (κ1) is 13.6. The first-order valence-corrected chi connectivity index (χ1v) is 6.12. The van der Waals surface area contributed by atoms with Gasteiger partial charge >= 0.3 is 6.09 Å². The van der Waals surface area contributed by atoms with E-state index >= 15 is 0 Å². The highest BCUT2D eigenvalue weighted by atomic mass is 16.5. The number of carbonyl (C=O) groups excluding carboxylic acids is 1. The molecule has 0 unspecified atom stereocenters. The predicted molar refractivity (Wildman–Crippen MR) is 68.2 cm³/mol. The van der Waals surface area contributed by atoms with E-state index in [1.807, 2.05) is 30.3 Å². The Labute approximate surface area is 103 Å². The lowest BCUT2D eigenvalue weighted by molar-refractivity contribution is 0.142. The van der Waals surface area contributed by atoms with Crippen molar-refractivity contribution in [2.45, 2.75) is 39.2 Å². The normalized spacial score (nSPS) is 9.94. The fraction of sp³-hybridized carbons (Fsp3) is 0.429. The van der Waals surface area contributed by atoms with E-state index in [9.17, 15) is 4.79 Å². The summed E-state index contributed by atoms with van der Waals surface area (Å²) >= 11 is 0. The lowest BCUT2D eigenvalue weighted by atomic mass is 10.2. The van der Waals surface area contributed by atoms with E-state index in [0.29, 0.717) is 6.61 Å². The molecule has 0 saturated heterocycles. The molecule has 1 rings (SSSR count). The smallest absolute Gasteiger partial charge is 0.407 e. The van der Waals surface area contributed by atoms with Gasteiger partial charge in [0, 0.05) is 0 Å². The van der Waals surface area contributed by atoms with E-state index in [2.05, 4.69) is 12.2 Å². The minimum atomic E-state index is -0.384. The minimum absolute atomic E-state index is 0.315. The standard InChI is InChI=1S/C14H20NO2/c1-2-3-4-8-11-15-14(16)17-12-13-9-6-5-7-10-13/h5-7,9-11H,2-4,8,12H2,1H3,(H,15,16). The third-order valence-corrected chi connectivity index (χ3v) is 2.38. The molecular weight excluding hydrogens is 214 g/mol. The molecule has 0 spiro atoms.